The Hall–Kier alpha value is -1.49. The lowest BCUT2D eigenvalue weighted by Crippen LogP contribution is -2.56. The van der Waals surface area contributed by atoms with Gasteiger partial charge in [-0.3, -0.25) is 0 Å². The lowest BCUT2D eigenvalue weighted by Gasteiger charge is -2.42. The van der Waals surface area contributed by atoms with E-state index in [9.17, 15) is 0 Å². The summed E-state index contributed by atoms with van der Waals surface area (Å²) in [5, 5.41) is 6.98. The van der Waals surface area contributed by atoms with E-state index in [4.69, 9.17) is 4.98 Å². The van der Waals surface area contributed by atoms with Crippen LogP contribution in [-0.2, 0) is 0 Å². The molecule has 5 heteroatoms. The number of piperazine rings is 1. The smallest absolute Gasteiger partial charge is 0.152 e. The van der Waals surface area contributed by atoms with E-state index in [2.05, 4.69) is 26.5 Å². The molecular formula is C13H19N5. The highest BCUT2D eigenvalue weighted by Crippen LogP contribution is 2.33. The Morgan fingerprint density at radius 3 is 3.00 bits per heavy atom. The summed E-state index contributed by atoms with van der Waals surface area (Å²) in [6.45, 7) is 6.56. The molecule has 3 aliphatic rings. The Morgan fingerprint density at radius 1 is 1.22 bits per heavy atom. The molecule has 3 aliphatic heterocycles. The minimum absolute atomic E-state index is 0.550. The fourth-order valence-corrected chi connectivity index (χ4v) is 3.00. The van der Waals surface area contributed by atoms with Crippen LogP contribution in [0, 0.1) is 0 Å². The van der Waals surface area contributed by atoms with Crippen LogP contribution in [0.4, 0.5) is 17.2 Å². The summed E-state index contributed by atoms with van der Waals surface area (Å²) in [6, 6.07) is 2.81. The van der Waals surface area contributed by atoms with E-state index in [-0.39, 0.29) is 0 Å². The largest absolute Gasteiger partial charge is 0.380 e. The van der Waals surface area contributed by atoms with Crippen LogP contribution in [0.3, 0.4) is 0 Å². The van der Waals surface area contributed by atoms with Gasteiger partial charge in [0.15, 0.2) is 5.82 Å². The Bertz CT molecular complexity index is 457. The van der Waals surface area contributed by atoms with Gasteiger partial charge in [-0.15, -0.1) is 0 Å². The third kappa shape index (κ3) is 1.54. The van der Waals surface area contributed by atoms with E-state index in [0.717, 1.165) is 32.0 Å². The summed E-state index contributed by atoms with van der Waals surface area (Å²) in [5.74, 6) is 1.14. The molecule has 4 heterocycles. The number of hydrogen-bond donors (Lipinski definition) is 2. The van der Waals surface area contributed by atoms with E-state index in [1.165, 1.54) is 30.9 Å². The number of hydrogen-bond acceptors (Lipinski definition) is 5. The lowest BCUT2D eigenvalue weighted by atomic mass is 10.1. The van der Waals surface area contributed by atoms with Gasteiger partial charge in [0.25, 0.3) is 0 Å². The van der Waals surface area contributed by atoms with Crippen molar-refractivity contribution in [1.82, 2.24) is 10.3 Å². The predicted octanol–water partition coefficient (Wildman–Crippen LogP) is 0.495. The zero-order chi connectivity index (χ0) is 11.9. The first-order valence-corrected chi connectivity index (χ1v) is 6.88. The van der Waals surface area contributed by atoms with Gasteiger partial charge in [0, 0.05) is 39.3 Å². The zero-order valence-electron chi connectivity index (χ0n) is 10.5. The number of fused-ring (bicyclic) bond motifs is 3. The van der Waals surface area contributed by atoms with Gasteiger partial charge in [-0.1, -0.05) is 0 Å². The molecule has 18 heavy (non-hydrogen) atoms. The number of nitrogens with one attached hydrogen (secondary N) is 2. The molecule has 0 aliphatic carbocycles. The molecule has 0 spiro atoms. The summed E-state index contributed by atoms with van der Waals surface area (Å²) in [5.41, 5.74) is 2.47. The van der Waals surface area contributed by atoms with Crippen molar-refractivity contribution in [2.75, 3.05) is 54.4 Å². The van der Waals surface area contributed by atoms with E-state index >= 15 is 0 Å². The maximum Gasteiger partial charge on any atom is 0.152 e. The average Bonchev–Trinajstić information content (AvgIpc) is 2.36. The maximum absolute atomic E-state index is 4.70. The maximum atomic E-state index is 4.70. The molecule has 2 N–H and O–H groups in total. The van der Waals surface area contributed by atoms with Crippen molar-refractivity contribution in [1.29, 1.82) is 0 Å². The highest BCUT2D eigenvalue weighted by atomic mass is 15.3. The number of aromatic nitrogens is 1. The van der Waals surface area contributed by atoms with Crippen LogP contribution >= 0.6 is 0 Å². The molecule has 0 amide bonds. The van der Waals surface area contributed by atoms with Crippen molar-refractivity contribution in [3.05, 3.63) is 12.3 Å². The molecule has 96 valence electrons. The third-order valence-electron chi connectivity index (χ3n) is 4.22. The number of nitrogens with zero attached hydrogens (tertiary/aromatic N) is 3. The van der Waals surface area contributed by atoms with Crippen molar-refractivity contribution in [3.63, 3.8) is 0 Å². The summed E-state index contributed by atoms with van der Waals surface area (Å²) < 4.78 is 0. The van der Waals surface area contributed by atoms with Gasteiger partial charge in [0.1, 0.15) is 0 Å². The van der Waals surface area contributed by atoms with Gasteiger partial charge >= 0.3 is 0 Å². The first-order chi connectivity index (χ1) is 8.92. The van der Waals surface area contributed by atoms with Crippen molar-refractivity contribution in [2.45, 2.75) is 12.5 Å². The van der Waals surface area contributed by atoms with Crippen LogP contribution in [0.15, 0.2) is 12.3 Å². The highest BCUT2D eigenvalue weighted by molar-refractivity contribution is 5.73. The molecule has 0 unspecified atom stereocenters. The molecule has 1 atom stereocenters. The average molecular weight is 245 g/mol. The van der Waals surface area contributed by atoms with Crippen LogP contribution in [0.25, 0.3) is 0 Å². The van der Waals surface area contributed by atoms with Gasteiger partial charge in [-0.05, 0) is 12.5 Å². The van der Waals surface area contributed by atoms with Gasteiger partial charge < -0.3 is 20.4 Å². The van der Waals surface area contributed by atoms with E-state index < -0.39 is 0 Å². The summed E-state index contributed by atoms with van der Waals surface area (Å²) >= 11 is 0. The van der Waals surface area contributed by atoms with Crippen LogP contribution < -0.4 is 20.4 Å². The fraction of sp³-hybridized carbons (Fsp3) is 0.615. The molecule has 0 aromatic carbocycles. The van der Waals surface area contributed by atoms with Crippen LogP contribution in [0.5, 0.6) is 0 Å². The van der Waals surface area contributed by atoms with Gasteiger partial charge in [-0.25, -0.2) is 4.98 Å². The van der Waals surface area contributed by atoms with Gasteiger partial charge in [0.2, 0.25) is 0 Å². The molecule has 2 fully saturated rings. The summed E-state index contributed by atoms with van der Waals surface area (Å²) in [7, 11) is 0. The molecule has 0 bridgehead atoms. The molecule has 2 saturated heterocycles. The van der Waals surface area contributed by atoms with Crippen LogP contribution in [0.1, 0.15) is 6.42 Å². The number of pyridine rings is 1. The molecule has 5 nitrogen and oxygen atoms in total. The second-order valence-electron chi connectivity index (χ2n) is 5.34. The van der Waals surface area contributed by atoms with E-state index in [1.807, 2.05) is 6.20 Å². The van der Waals surface area contributed by atoms with Crippen molar-refractivity contribution in [2.24, 2.45) is 0 Å². The summed E-state index contributed by atoms with van der Waals surface area (Å²) in [4.78, 5) is 9.53. The molecule has 4 rings (SSSR count). The SMILES string of the molecule is c1nc2c(cc1N1CCC1)NC[C@H]1CNCCN21. The Balaban J connectivity index is 1.66. The van der Waals surface area contributed by atoms with Crippen LogP contribution in [-0.4, -0.2) is 50.3 Å². The predicted molar refractivity (Wildman–Crippen MR) is 73.6 cm³/mol. The Morgan fingerprint density at radius 2 is 2.17 bits per heavy atom. The molecule has 0 saturated carbocycles. The first kappa shape index (κ1) is 10.4. The summed E-state index contributed by atoms with van der Waals surface area (Å²) in [6.07, 6.45) is 3.34. The second kappa shape index (κ2) is 4.02. The normalized spacial score (nSPS) is 25.9. The van der Waals surface area contributed by atoms with Crippen LogP contribution in [0.2, 0.25) is 0 Å². The standard InChI is InChI=1S/C13H19N5/c1-3-17(4-1)10-6-12-13(16-8-10)18-5-2-14-7-11(18)9-15-12/h6,8,11,14-15H,1-5,7,9H2/t11-/m1/s1. The second-order valence-corrected chi connectivity index (χ2v) is 5.34. The Labute approximate surface area is 107 Å². The quantitative estimate of drug-likeness (QED) is 0.754. The monoisotopic (exact) mass is 245 g/mol. The van der Waals surface area contributed by atoms with E-state index in [0.29, 0.717) is 6.04 Å². The first-order valence-electron chi connectivity index (χ1n) is 6.88. The third-order valence-corrected chi connectivity index (χ3v) is 4.22. The highest BCUT2D eigenvalue weighted by Gasteiger charge is 2.29. The zero-order valence-corrected chi connectivity index (χ0v) is 10.5. The lowest BCUT2D eigenvalue weighted by molar-refractivity contribution is 0.478. The van der Waals surface area contributed by atoms with Gasteiger partial charge in [0.05, 0.1) is 23.6 Å². The fourth-order valence-electron chi connectivity index (χ4n) is 3.00. The van der Waals surface area contributed by atoms with Crippen molar-refractivity contribution in [3.8, 4) is 0 Å². The molecule has 1 aromatic heterocycles. The molecular weight excluding hydrogens is 226 g/mol. The van der Waals surface area contributed by atoms with Crippen molar-refractivity contribution >= 4 is 17.2 Å². The minimum atomic E-state index is 0.550. The number of anilines is 3. The Kier molecular flexibility index (Phi) is 2.33. The topological polar surface area (TPSA) is 43.4 Å². The van der Waals surface area contributed by atoms with Crippen molar-refractivity contribution < 1.29 is 0 Å². The minimum Gasteiger partial charge on any atom is -0.380 e. The van der Waals surface area contributed by atoms with Gasteiger partial charge in [-0.2, -0.15) is 0 Å². The molecule has 0 radical (unpaired) electrons. The number of rotatable bonds is 1. The molecule has 1 aromatic rings. The van der Waals surface area contributed by atoms with E-state index in [1.54, 1.807) is 0 Å².